The smallest absolute Gasteiger partial charge is 0.320 e. The van der Waals surface area contributed by atoms with E-state index in [0.717, 1.165) is 25.0 Å². The van der Waals surface area contributed by atoms with Crippen molar-refractivity contribution in [2.45, 2.75) is 46.1 Å². The van der Waals surface area contributed by atoms with Crippen molar-refractivity contribution in [1.29, 1.82) is 0 Å². The van der Waals surface area contributed by atoms with Crippen molar-refractivity contribution >= 4 is 11.8 Å². The Morgan fingerprint density at radius 3 is 2.79 bits per heavy atom. The molecule has 0 saturated heterocycles. The lowest BCUT2D eigenvalue weighted by Crippen LogP contribution is -2.34. The van der Waals surface area contributed by atoms with E-state index in [1.807, 2.05) is 13.0 Å². The topological polar surface area (TPSA) is 71.8 Å². The third kappa shape index (κ3) is 3.42. The summed E-state index contributed by atoms with van der Waals surface area (Å²) >= 11 is 0. The van der Waals surface area contributed by atoms with Crippen LogP contribution in [0.15, 0.2) is 24.3 Å². The number of nitrogens with zero attached hydrogens (tertiary/aromatic N) is 3. The lowest BCUT2D eigenvalue weighted by molar-refractivity contribution is 0.237. The summed E-state index contributed by atoms with van der Waals surface area (Å²) in [4.78, 5) is 12.5. The van der Waals surface area contributed by atoms with Crippen molar-refractivity contribution in [3.05, 3.63) is 41.1 Å². The zero-order valence-corrected chi connectivity index (χ0v) is 14.8. The highest BCUT2D eigenvalue weighted by molar-refractivity contribution is 5.89. The SMILES string of the molecule is Cc1c(NC(=O)N[C@H]2CC(C)(C)CCc3ccccc32)nnn1C. The van der Waals surface area contributed by atoms with Crippen LogP contribution in [0.25, 0.3) is 0 Å². The Morgan fingerprint density at radius 2 is 2.08 bits per heavy atom. The van der Waals surface area contributed by atoms with Crippen molar-refractivity contribution in [3.8, 4) is 0 Å². The first kappa shape index (κ1) is 16.5. The highest BCUT2D eigenvalue weighted by Crippen LogP contribution is 2.39. The zero-order chi connectivity index (χ0) is 17.3. The normalized spacial score (nSPS) is 19.2. The first-order valence-corrected chi connectivity index (χ1v) is 8.37. The van der Waals surface area contributed by atoms with Gasteiger partial charge in [0.1, 0.15) is 0 Å². The van der Waals surface area contributed by atoms with E-state index in [1.54, 1.807) is 11.7 Å². The Hall–Kier alpha value is -2.37. The largest absolute Gasteiger partial charge is 0.331 e. The Bertz CT molecular complexity index is 750. The maximum absolute atomic E-state index is 12.5. The molecular weight excluding hydrogens is 302 g/mol. The number of carbonyl (C=O) groups is 1. The van der Waals surface area contributed by atoms with Gasteiger partial charge in [0.15, 0.2) is 5.82 Å². The van der Waals surface area contributed by atoms with Crippen molar-refractivity contribution in [2.75, 3.05) is 5.32 Å². The van der Waals surface area contributed by atoms with Crippen LogP contribution in [0, 0.1) is 12.3 Å². The highest BCUT2D eigenvalue weighted by atomic mass is 16.2. The van der Waals surface area contributed by atoms with Gasteiger partial charge in [0.25, 0.3) is 0 Å². The van der Waals surface area contributed by atoms with Gasteiger partial charge in [-0.25, -0.2) is 4.79 Å². The summed E-state index contributed by atoms with van der Waals surface area (Å²) in [7, 11) is 1.80. The monoisotopic (exact) mass is 327 g/mol. The molecular formula is C18H25N5O. The highest BCUT2D eigenvalue weighted by Gasteiger charge is 2.30. The summed E-state index contributed by atoms with van der Waals surface area (Å²) in [6, 6.07) is 8.14. The third-order valence-corrected chi connectivity index (χ3v) is 4.90. The summed E-state index contributed by atoms with van der Waals surface area (Å²) in [6.07, 6.45) is 3.08. The molecule has 0 saturated carbocycles. The van der Waals surface area contributed by atoms with Gasteiger partial charge in [0, 0.05) is 7.05 Å². The van der Waals surface area contributed by atoms with E-state index < -0.39 is 0 Å². The molecule has 1 aliphatic rings. The summed E-state index contributed by atoms with van der Waals surface area (Å²) < 4.78 is 1.64. The number of urea groups is 1. The van der Waals surface area contributed by atoms with Gasteiger partial charge in [-0.15, -0.1) is 5.10 Å². The van der Waals surface area contributed by atoms with E-state index in [1.165, 1.54) is 11.1 Å². The molecule has 24 heavy (non-hydrogen) atoms. The molecule has 0 spiro atoms. The maximum Gasteiger partial charge on any atom is 0.320 e. The fourth-order valence-corrected chi connectivity index (χ4v) is 3.29. The molecule has 6 heteroatoms. The van der Waals surface area contributed by atoms with Crippen LogP contribution in [-0.4, -0.2) is 21.0 Å². The van der Waals surface area contributed by atoms with Gasteiger partial charge in [-0.2, -0.15) is 0 Å². The fraction of sp³-hybridized carbons (Fsp3) is 0.500. The van der Waals surface area contributed by atoms with Gasteiger partial charge in [0.05, 0.1) is 11.7 Å². The van der Waals surface area contributed by atoms with Crippen molar-refractivity contribution in [1.82, 2.24) is 20.3 Å². The molecule has 3 rings (SSSR count). The Labute approximate surface area is 142 Å². The minimum atomic E-state index is -0.240. The third-order valence-electron chi connectivity index (χ3n) is 4.90. The number of aryl methyl sites for hydroxylation is 2. The van der Waals surface area contributed by atoms with Gasteiger partial charge in [0.2, 0.25) is 0 Å². The molecule has 0 radical (unpaired) electrons. The Kier molecular flexibility index (Phi) is 4.30. The molecule has 0 bridgehead atoms. The lowest BCUT2D eigenvalue weighted by Gasteiger charge is -2.27. The number of carbonyl (C=O) groups excluding carboxylic acids is 1. The van der Waals surface area contributed by atoms with Crippen LogP contribution in [0.5, 0.6) is 0 Å². The number of benzene rings is 1. The van der Waals surface area contributed by atoms with E-state index >= 15 is 0 Å². The van der Waals surface area contributed by atoms with E-state index in [-0.39, 0.29) is 17.5 Å². The predicted octanol–water partition coefficient (Wildman–Crippen LogP) is 3.35. The number of fused-ring (bicyclic) bond motifs is 1. The van der Waals surface area contributed by atoms with Crippen LogP contribution in [-0.2, 0) is 13.5 Å². The minimum Gasteiger partial charge on any atom is -0.331 e. The van der Waals surface area contributed by atoms with E-state index in [2.05, 4.69) is 53.0 Å². The van der Waals surface area contributed by atoms with Gasteiger partial charge in [-0.1, -0.05) is 43.3 Å². The fourth-order valence-electron chi connectivity index (χ4n) is 3.29. The van der Waals surface area contributed by atoms with Crippen LogP contribution in [0.2, 0.25) is 0 Å². The quantitative estimate of drug-likeness (QED) is 0.831. The molecule has 1 aromatic heterocycles. The van der Waals surface area contributed by atoms with Crippen LogP contribution in [0.1, 0.15) is 49.6 Å². The van der Waals surface area contributed by atoms with Crippen LogP contribution in [0.3, 0.4) is 0 Å². The standard InChI is InChI=1S/C18H25N5O/c1-12-16(21-22-23(12)4)20-17(24)19-15-11-18(2,3)10-9-13-7-5-6-8-14(13)15/h5-8,15H,9-11H2,1-4H3,(H2,19,20,24)/t15-/m0/s1. The van der Waals surface area contributed by atoms with Gasteiger partial charge in [-0.3, -0.25) is 10.00 Å². The molecule has 0 aliphatic heterocycles. The molecule has 6 nitrogen and oxygen atoms in total. The molecule has 0 unspecified atom stereocenters. The van der Waals surface area contributed by atoms with Gasteiger partial charge >= 0.3 is 6.03 Å². The number of amides is 2. The summed E-state index contributed by atoms with van der Waals surface area (Å²) in [5, 5.41) is 13.8. The second-order valence-electron chi connectivity index (χ2n) is 7.37. The molecule has 1 aromatic carbocycles. The maximum atomic E-state index is 12.5. The zero-order valence-electron chi connectivity index (χ0n) is 14.8. The molecule has 128 valence electrons. The lowest BCUT2D eigenvalue weighted by atomic mass is 9.83. The second kappa shape index (κ2) is 6.26. The average molecular weight is 327 g/mol. The number of aromatic nitrogens is 3. The molecule has 1 heterocycles. The summed E-state index contributed by atoms with van der Waals surface area (Å²) in [5.74, 6) is 0.496. The molecule has 1 atom stereocenters. The summed E-state index contributed by atoms with van der Waals surface area (Å²) in [5.41, 5.74) is 3.55. The second-order valence-corrected chi connectivity index (χ2v) is 7.37. The molecule has 1 aliphatic carbocycles. The average Bonchev–Trinajstić information content (AvgIpc) is 2.77. The van der Waals surface area contributed by atoms with Crippen LogP contribution in [0.4, 0.5) is 10.6 Å². The molecule has 0 fully saturated rings. The number of anilines is 1. The number of hydrogen-bond acceptors (Lipinski definition) is 3. The van der Waals surface area contributed by atoms with E-state index in [0.29, 0.717) is 5.82 Å². The number of hydrogen-bond donors (Lipinski definition) is 2. The molecule has 2 N–H and O–H groups in total. The predicted molar refractivity (Wildman–Crippen MR) is 93.8 cm³/mol. The van der Waals surface area contributed by atoms with Crippen molar-refractivity contribution in [3.63, 3.8) is 0 Å². The Balaban J connectivity index is 1.79. The number of nitrogens with one attached hydrogen (secondary N) is 2. The van der Waals surface area contributed by atoms with Crippen molar-refractivity contribution in [2.24, 2.45) is 12.5 Å². The molecule has 2 amide bonds. The first-order valence-electron chi connectivity index (χ1n) is 8.37. The van der Waals surface area contributed by atoms with Crippen LogP contribution >= 0.6 is 0 Å². The van der Waals surface area contributed by atoms with E-state index in [9.17, 15) is 4.79 Å². The Morgan fingerprint density at radius 1 is 1.33 bits per heavy atom. The van der Waals surface area contributed by atoms with Crippen LogP contribution < -0.4 is 10.6 Å². The number of rotatable bonds is 2. The van der Waals surface area contributed by atoms with E-state index in [4.69, 9.17) is 0 Å². The minimum absolute atomic E-state index is 0.00400. The molecule has 2 aromatic rings. The van der Waals surface area contributed by atoms with Crippen molar-refractivity contribution < 1.29 is 4.79 Å². The summed E-state index contributed by atoms with van der Waals surface area (Å²) in [6.45, 7) is 6.40. The first-order chi connectivity index (χ1) is 11.4. The van der Waals surface area contributed by atoms with Gasteiger partial charge < -0.3 is 5.32 Å². The van der Waals surface area contributed by atoms with Gasteiger partial charge in [-0.05, 0) is 42.7 Å².